The molecule has 2 amide bonds. The summed E-state index contributed by atoms with van der Waals surface area (Å²) in [4.78, 5) is 26.3. The van der Waals surface area contributed by atoms with Crippen LogP contribution < -0.4 is 10.2 Å². The predicted octanol–water partition coefficient (Wildman–Crippen LogP) is 4.80. The first-order valence-corrected chi connectivity index (χ1v) is 9.36. The highest BCUT2D eigenvalue weighted by Crippen LogP contribution is 2.30. The molecule has 0 unspecified atom stereocenters. The first kappa shape index (κ1) is 17.6. The minimum atomic E-state index is -0.141. The van der Waals surface area contributed by atoms with Crippen LogP contribution in [0.15, 0.2) is 60.7 Å². The van der Waals surface area contributed by atoms with E-state index < -0.39 is 0 Å². The maximum absolute atomic E-state index is 12.6. The van der Waals surface area contributed by atoms with Crippen molar-refractivity contribution in [1.29, 1.82) is 0 Å². The second-order valence-electron chi connectivity index (χ2n) is 6.68. The van der Waals surface area contributed by atoms with E-state index in [4.69, 9.17) is 11.6 Å². The summed E-state index contributed by atoms with van der Waals surface area (Å²) in [5, 5.41) is 5.52. The number of hydrogen-bond donors (Lipinski definition) is 1. The summed E-state index contributed by atoms with van der Waals surface area (Å²) >= 11 is 6.26. The highest BCUT2D eigenvalue weighted by molar-refractivity contribution is 6.34. The van der Waals surface area contributed by atoms with E-state index in [1.54, 1.807) is 17.0 Å². The van der Waals surface area contributed by atoms with Crippen molar-refractivity contribution in [3.05, 3.63) is 71.2 Å². The fourth-order valence-corrected chi connectivity index (χ4v) is 3.68. The van der Waals surface area contributed by atoms with Crippen LogP contribution in [0.5, 0.6) is 0 Å². The van der Waals surface area contributed by atoms with Crippen LogP contribution in [0.1, 0.15) is 18.4 Å². The topological polar surface area (TPSA) is 49.4 Å². The Kier molecular flexibility index (Phi) is 4.82. The number of carbonyl (C=O) groups is 2. The molecule has 1 aliphatic rings. The van der Waals surface area contributed by atoms with E-state index in [0.717, 1.165) is 28.4 Å². The lowest BCUT2D eigenvalue weighted by molar-refractivity contribution is -0.117. The highest BCUT2D eigenvalue weighted by atomic mass is 35.5. The van der Waals surface area contributed by atoms with Crippen LogP contribution in [0, 0.1) is 0 Å². The second-order valence-corrected chi connectivity index (χ2v) is 7.08. The van der Waals surface area contributed by atoms with E-state index in [-0.39, 0.29) is 18.2 Å². The molecule has 1 N–H and O–H groups in total. The van der Waals surface area contributed by atoms with E-state index in [0.29, 0.717) is 23.7 Å². The van der Waals surface area contributed by atoms with E-state index in [2.05, 4.69) is 5.32 Å². The largest absolute Gasteiger partial charge is 0.324 e. The van der Waals surface area contributed by atoms with Crippen LogP contribution in [0.4, 0.5) is 11.4 Å². The van der Waals surface area contributed by atoms with Gasteiger partial charge in [-0.3, -0.25) is 9.59 Å². The predicted molar refractivity (Wildman–Crippen MR) is 109 cm³/mol. The minimum absolute atomic E-state index is 0.102. The Bertz CT molecular complexity index is 1030. The zero-order valence-electron chi connectivity index (χ0n) is 14.7. The van der Waals surface area contributed by atoms with Crippen LogP contribution in [0.3, 0.4) is 0 Å². The number of nitrogens with one attached hydrogen (secondary N) is 1. The quantitative estimate of drug-likeness (QED) is 0.708. The molecule has 1 aliphatic heterocycles. The van der Waals surface area contributed by atoms with Crippen LogP contribution in [0.2, 0.25) is 5.02 Å². The number of benzene rings is 3. The van der Waals surface area contributed by atoms with Gasteiger partial charge in [0.1, 0.15) is 0 Å². The summed E-state index contributed by atoms with van der Waals surface area (Å²) in [6.07, 6.45) is 1.67. The Morgan fingerprint density at radius 1 is 1.07 bits per heavy atom. The molecule has 4 rings (SSSR count). The molecule has 136 valence electrons. The number of amides is 2. The zero-order valence-corrected chi connectivity index (χ0v) is 15.5. The van der Waals surface area contributed by atoms with Gasteiger partial charge in [0.25, 0.3) is 0 Å². The summed E-state index contributed by atoms with van der Waals surface area (Å²) in [5.74, 6) is -0.0384. The lowest BCUT2D eigenvalue weighted by atomic mass is 10.0. The molecule has 27 heavy (non-hydrogen) atoms. The second kappa shape index (κ2) is 7.41. The molecule has 3 aromatic carbocycles. The smallest absolute Gasteiger partial charge is 0.228 e. The summed E-state index contributed by atoms with van der Waals surface area (Å²) in [5.41, 5.74) is 2.26. The molecule has 4 nitrogen and oxygen atoms in total. The van der Waals surface area contributed by atoms with E-state index in [1.165, 1.54) is 0 Å². The fraction of sp³-hybridized carbons (Fsp3) is 0.182. The molecule has 1 heterocycles. The van der Waals surface area contributed by atoms with Gasteiger partial charge in [-0.15, -0.1) is 0 Å². The van der Waals surface area contributed by atoms with Gasteiger partial charge in [-0.25, -0.2) is 0 Å². The first-order valence-electron chi connectivity index (χ1n) is 8.98. The standard InChI is InChI=1S/C22H19ClN2O2/c23-19-11-10-17(25-12-4-9-22(25)27)14-20(19)24-21(26)13-16-7-3-6-15-5-1-2-8-18(15)16/h1-3,5-8,10-11,14H,4,9,12-13H2,(H,24,26). The number of fused-ring (bicyclic) bond motifs is 1. The molecule has 1 fully saturated rings. The Labute approximate surface area is 162 Å². The maximum atomic E-state index is 12.6. The monoisotopic (exact) mass is 378 g/mol. The number of rotatable bonds is 4. The normalized spacial score (nSPS) is 14.0. The minimum Gasteiger partial charge on any atom is -0.324 e. The van der Waals surface area contributed by atoms with Crippen molar-refractivity contribution < 1.29 is 9.59 Å². The molecule has 0 radical (unpaired) electrons. The molecule has 5 heteroatoms. The Morgan fingerprint density at radius 3 is 2.70 bits per heavy atom. The van der Waals surface area contributed by atoms with Gasteiger partial charge in [-0.1, -0.05) is 54.1 Å². The molecule has 1 saturated heterocycles. The van der Waals surface area contributed by atoms with E-state index in [1.807, 2.05) is 48.5 Å². The third kappa shape index (κ3) is 3.67. The van der Waals surface area contributed by atoms with Crippen molar-refractivity contribution >= 4 is 45.6 Å². The van der Waals surface area contributed by atoms with E-state index >= 15 is 0 Å². The maximum Gasteiger partial charge on any atom is 0.228 e. The first-order chi connectivity index (χ1) is 13.1. The van der Waals surface area contributed by atoms with Crippen molar-refractivity contribution in [3.63, 3.8) is 0 Å². The number of carbonyl (C=O) groups excluding carboxylic acids is 2. The number of hydrogen-bond acceptors (Lipinski definition) is 2. The van der Waals surface area contributed by atoms with Gasteiger partial charge < -0.3 is 10.2 Å². The van der Waals surface area contributed by atoms with Crippen molar-refractivity contribution in [2.24, 2.45) is 0 Å². The molecule has 0 aliphatic carbocycles. The Balaban J connectivity index is 1.55. The SMILES string of the molecule is O=C(Cc1cccc2ccccc12)Nc1cc(N2CCCC2=O)ccc1Cl. The summed E-state index contributed by atoms with van der Waals surface area (Å²) in [6, 6.07) is 19.3. The van der Waals surface area contributed by atoms with Gasteiger partial charge in [0.2, 0.25) is 11.8 Å². The molecule has 0 bridgehead atoms. The number of halogens is 1. The molecule has 0 spiro atoms. The summed E-state index contributed by atoms with van der Waals surface area (Å²) in [6.45, 7) is 0.698. The number of anilines is 2. The molecule has 3 aromatic rings. The number of nitrogens with zero attached hydrogens (tertiary/aromatic N) is 1. The zero-order chi connectivity index (χ0) is 18.8. The Morgan fingerprint density at radius 2 is 1.89 bits per heavy atom. The summed E-state index contributed by atoms with van der Waals surface area (Å²) < 4.78 is 0. The van der Waals surface area contributed by atoms with Gasteiger partial charge in [-0.2, -0.15) is 0 Å². The van der Waals surface area contributed by atoms with Gasteiger partial charge in [0, 0.05) is 18.7 Å². The lowest BCUT2D eigenvalue weighted by Gasteiger charge is -2.17. The average molecular weight is 379 g/mol. The van der Waals surface area contributed by atoms with Crippen LogP contribution in [-0.2, 0) is 16.0 Å². The third-order valence-corrected chi connectivity index (χ3v) is 5.17. The van der Waals surface area contributed by atoms with Crippen molar-refractivity contribution in [3.8, 4) is 0 Å². The van der Waals surface area contributed by atoms with Crippen LogP contribution in [-0.4, -0.2) is 18.4 Å². The average Bonchev–Trinajstić information content (AvgIpc) is 3.10. The Hall–Kier alpha value is -2.85. The van der Waals surface area contributed by atoms with E-state index in [9.17, 15) is 9.59 Å². The van der Waals surface area contributed by atoms with Gasteiger partial charge in [0.15, 0.2) is 0 Å². The fourth-order valence-electron chi connectivity index (χ4n) is 3.51. The van der Waals surface area contributed by atoms with Crippen molar-refractivity contribution in [2.75, 3.05) is 16.8 Å². The van der Waals surface area contributed by atoms with Gasteiger partial charge in [-0.05, 0) is 41.0 Å². The molecule has 0 atom stereocenters. The highest BCUT2D eigenvalue weighted by Gasteiger charge is 2.22. The third-order valence-electron chi connectivity index (χ3n) is 4.84. The van der Waals surface area contributed by atoms with Crippen LogP contribution in [0.25, 0.3) is 10.8 Å². The van der Waals surface area contributed by atoms with Gasteiger partial charge in [0.05, 0.1) is 17.1 Å². The summed E-state index contributed by atoms with van der Waals surface area (Å²) in [7, 11) is 0. The molecular weight excluding hydrogens is 360 g/mol. The van der Waals surface area contributed by atoms with Crippen LogP contribution >= 0.6 is 11.6 Å². The molecular formula is C22H19ClN2O2. The molecule has 0 saturated carbocycles. The van der Waals surface area contributed by atoms with Crippen molar-refractivity contribution in [1.82, 2.24) is 0 Å². The molecule has 0 aromatic heterocycles. The van der Waals surface area contributed by atoms with Crippen molar-refractivity contribution in [2.45, 2.75) is 19.3 Å². The lowest BCUT2D eigenvalue weighted by Crippen LogP contribution is -2.24. The van der Waals surface area contributed by atoms with Gasteiger partial charge >= 0.3 is 0 Å².